The summed E-state index contributed by atoms with van der Waals surface area (Å²) < 4.78 is 11.3. The Labute approximate surface area is 214 Å². The maximum Gasteiger partial charge on any atom is 0.256 e. The Balaban J connectivity index is 1.47. The first-order valence-corrected chi connectivity index (χ1v) is 13.1. The monoisotopic (exact) mass is 497 g/mol. The lowest BCUT2D eigenvalue weighted by Crippen LogP contribution is -2.19. The van der Waals surface area contributed by atoms with Crippen LogP contribution in [-0.2, 0) is 12.8 Å². The maximum absolute atomic E-state index is 13.2. The van der Waals surface area contributed by atoms with Crippen LogP contribution in [0.5, 0.6) is 11.5 Å². The summed E-state index contributed by atoms with van der Waals surface area (Å²) in [6.07, 6.45) is 6.15. The minimum atomic E-state index is -0.224. The van der Waals surface area contributed by atoms with Crippen molar-refractivity contribution in [3.05, 3.63) is 99.6 Å². The molecule has 1 aliphatic carbocycles. The summed E-state index contributed by atoms with van der Waals surface area (Å²) >= 11 is 1.70. The Bertz CT molecular complexity index is 1420. The number of ether oxygens (including phenoxy) is 2. The van der Waals surface area contributed by atoms with Crippen LogP contribution in [0.4, 0.5) is 10.8 Å². The van der Waals surface area contributed by atoms with E-state index in [4.69, 9.17) is 9.47 Å². The van der Waals surface area contributed by atoms with Crippen molar-refractivity contribution in [2.45, 2.75) is 38.6 Å². The van der Waals surface area contributed by atoms with E-state index in [2.05, 4.69) is 28.6 Å². The number of rotatable bonds is 6. The summed E-state index contributed by atoms with van der Waals surface area (Å²) in [5, 5.41) is 7.82. The van der Waals surface area contributed by atoms with Crippen molar-refractivity contribution in [2.24, 2.45) is 0 Å². The third-order valence-corrected chi connectivity index (χ3v) is 7.92. The Morgan fingerprint density at radius 3 is 2.69 bits per heavy atom. The molecular weight excluding hydrogens is 470 g/mol. The van der Waals surface area contributed by atoms with Crippen LogP contribution in [0.2, 0.25) is 0 Å². The molecule has 182 valence electrons. The first kappa shape index (κ1) is 22.6. The molecule has 0 spiro atoms. The first-order chi connectivity index (χ1) is 17.7. The quantitative estimate of drug-likeness (QED) is 0.318. The maximum atomic E-state index is 13.2. The molecular formula is C29H27N3O3S. The van der Waals surface area contributed by atoms with Crippen LogP contribution in [0.3, 0.4) is 0 Å². The second-order valence-electron chi connectivity index (χ2n) is 9.18. The average Bonchev–Trinajstić information content (AvgIpc) is 3.52. The molecule has 0 fully saturated rings. The summed E-state index contributed by atoms with van der Waals surface area (Å²) in [7, 11) is 0. The largest absolute Gasteiger partial charge is 0.454 e. The van der Waals surface area contributed by atoms with E-state index in [1.165, 1.54) is 16.9 Å². The predicted molar refractivity (Wildman–Crippen MR) is 142 cm³/mol. The summed E-state index contributed by atoms with van der Waals surface area (Å²) in [6, 6.07) is 19.2. The van der Waals surface area contributed by atoms with Crippen molar-refractivity contribution in [1.82, 2.24) is 4.98 Å². The van der Waals surface area contributed by atoms with Gasteiger partial charge in [-0.15, -0.1) is 11.3 Å². The minimum absolute atomic E-state index is 0.103. The molecule has 2 N–H and O–H groups in total. The van der Waals surface area contributed by atoms with Crippen molar-refractivity contribution >= 4 is 28.1 Å². The number of anilines is 2. The normalized spacial score (nSPS) is 14.7. The van der Waals surface area contributed by atoms with E-state index < -0.39 is 0 Å². The highest BCUT2D eigenvalue weighted by Crippen LogP contribution is 2.46. The van der Waals surface area contributed by atoms with Crippen LogP contribution >= 0.6 is 11.3 Å². The number of aromatic nitrogens is 1. The molecule has 1 atom stereocenters. The van der Waals surface area contributed by atoms with Gasteiger partial charge in [0.15, 0.2) is 11.5 Å². The zero-order chi connectivity index (χ0) is 24.5. The van der Waals surface area contributed by atoms with Gasteiger partial charge in [-0.25, -0.2) is 4.98 Å². The average molecular weight is 498 g/mol. The van der Waals surface area contributed by atoms with Gasteiger partial charge in [0, 0.05) is 22.2 Å². The summed E-state index contributed by atoms with van der Waals surface area (Å²) in [4.78, 5) is 19.2. The Morgan fingerprint density at radius 1 is 1.00 bits per heavy atom. The van der Waals surface area contributed by atoms with Gasteiger partial charge in [-0.05, 0) is 85.7 Å². The number of carbonyl (C=O) groups excluding carboxylic acids is 1. The fourth-order valence-electron chi connectivity index (χ4n) is 4.93. The van der Waals surface area contributed by atoms with Gasteiger partial charge < -0.3 is 20.1 Å². The van der Waals surface area contributed by atoms with Crippen LogP contribution < -0.4 is 20.1 Å². The van der Waals surface area contributed by atoms with E-state index in [1.807, 2.05) is 60.8 Å². The molecule has 36 heavy (non-hydrogen) atoms. The van der Waals surface area contributed by atoms with E-state index in [0.717, 1.165) is 58.3 Å². The molecule has 2 aliphatic rings. The SMILES string of the molecule is Cc1ccnc(NC(c2ccc3c(c2)OCO3)c2c(NC(=O)c3ccccc3)sc3c2CCCC3)c1. The standard InChI is InChI=1S/C29H27N3O3S/c1-18-13-14-30-25(15-18)31-27(20-11-12-22-23(16-20)35-17-34-22)26-21-9-5-6-10-24(21)36-29(26)32-28(33)19-7-3-2-4-8-19/h2-4,7-8,11-16,27H,5-6,9-10,17H2,1H3,(H,30,31)(H,32,33). The minimum Gasteiger partial charge on any atom is -0.454 e. The van der Waals surface area contributed by atoms with Gasteiger partial charge in [0.2, 0.25) is 6.79 Å². The van der Waals surface area contributed by atoms with Gasteiger partial charge in [0.25, 0.3) is 5.91 Å². The third kappa shape index (κ3) is 4.42. The van der Waals surface area contributed by atoms with E-state index in [1.54, 1.807) is 11.3 Å². The van der Waals surface area contributed by atoms with Crippen molar-refractivity contribution in [3.63, 3.8) is 0 Å². The highest BCUT2D eigenvalue weighted by Gasteiger charge is 2.30. The van der Waals surface area contributed by atoms with E-state index >= 15 is 0 Å². The number of thiophene rings is 1. The topological polar surface area (TPSA) is 72.5 Å². The smallest absolute Gasteiger partial charge is 0.256 e. The first-order valence-electron chi connectivity index (χ1n) is 12.3. The number of pyridine rings is 1. The molecule has 0 bridgehead atoms. The van der Waals surface area contributed by atoms with Crippen LogP contribution in [0.15, 0.2) is 66.9 Å². The molecule has 7 heteroatoms. The van der Waals surface area contributed by atoms with E-state index in [-0.39, 0.29) is 18.7 Å². The Kier molecular flexibility index (Phi) is 6.07. The molecule has 3 heterocycles. The fourth-order valence-corrected chi connectivity index (χ4v) is 6.25. The lowest BCUT2D eigenvalue weighted by atomic mass is 9.89. The van der Waals surface area contributed by atoms with Gasteiger partial charge in [-0.1, -0.05) is 24.3 Å². The molecule has 6 nitrogen and oxygen atoms in total. The molecule has 0 saturated carbocycles. The van der Waals surface area contributed by atoms with E-state index in [9.17, 15) is 4.79 Å². The summed E-state index contributed by atoms with van der Waals surface area (Å²) in [6.45, 7) is 2.28. The third-order valence-electron chi connectivity index (χ3n) is 6.70. The van der Waals surface area contributed by atoms with Crippen molar-refractivity contribution < 1.29 is 14.3 Å². The number of fused-ring (bicyclic) bond motifs is 2. The predicted octanol–water partition coefficient (Wildman–Crippen LogP) is 6.51. The highest BCUT2D eigenvalue weighted by atomic mass is 32.1. The number of benzene rings is 2. The van der Waals surface area contributed by atoms with Crippen LogP contribution in [0.1, 0.15) is 56.4 Å². The van der Waals surface area contributed by atoms with Gasteiger partial charge in [0.05, 0.1) is 6.04 Å². The van der Waals surface area contributed by atoms with Crippen molar-refractivity contribution in [1.29, 1.82) is 0 Å². The van der Waals surface area contributed by atoms with Crippen LogP contribution in [0, 0.1) is 6.92 Å². The molecule has 1 unspecified atom stereocenters. The number of nitrogens with zero attached hydrogens (tertiary/aromatic N) is 1. The van der Waals surface area contributed by atoms with Crippen molar-refractivity contribution in [2.75, 3.05) is 17.4 Å². The Morgan fingerprint density at radius 2 is 1.83 bits per heavy atom. The van der Waals surface area contributed by atoms with Crippen LogP contribution in [0.25, 0.3) is 0 Å². The summed E-state index contributed by atoms with van der Waals surface area (Å²) in [5.74, 6) is 2.16. The van der Waals surface area contributed by atoms with Gasteiger partial charge in [-0.2, -0.15) is 0 Å². The van der Waals surface area contributed by atoms with Gasteiger partial charge >= 0.3 is 0 Å². The highest BCUT2D eigenvalue weighted by molar-refractivity contribution is 7.16. The van der Waals surface area contributed by atoms with Gasteiger partial charge in [-0.3, -0.25) is 4.79 Å². The molecule has 0 saturated heterocycles. The van der Waals surface area contributed by atoms with E-state index in [0.29, 0.717) is 5.56 Å². The second-order valence-corrected chi connectivity index (χ2v) is 10.3. The molecule has 2 aromatic heterocycles. The zero-order valence-corrected chi connectivity index (χ0v) is 20.9. The molecule has 0 radical (unpaired) electrons. The fraction of sp³-hybridized carbons (Fsp3) is 0.241. The second kappa shape index (κ2) is 9.66. The molecule has 6 rings (SSSR count). The molecule has 1 aliphatic heterocycles. The summed E-state index contributed by atoms with van der Waals surface area (Å²) in [5.41, 5.74) is 5.24. The number of amides is 1. The Hall–Kier alpha value is -3.84. The number of carbonyl (C=O) groups is 1. The molecule has 1 amide bonds. The number of hydrogen-bond donors (Lipinski definition) is 2. The lowest BCUT2D eigenvalue weighted by Gasteiger charge is -2.24. The lowest BCUT2D eigenvalue weighted by molar-refractivity contribution is 0.102. The molecule has 4 aromatic rings. The number of hydrogen-bond acceptors (Lipinski definition) is 6. The zero-order valence-electron chi connectivity index (χ0n) is 20.0. The van der Waals surface area contributed by atoms with Crippen molar-refractivity contribution in [3.8, 4) is 11.5 Å². The number of aryl methyl sites for hydroxylation is 2. The van der Waals surface area contributed by atoms with Gasteiger partial charge in [0.1, 0.15) is 10.8 Å². The molecule has 2 aromatic carbocycles. The number of nitrogens with one attached hydrogen (secondary N) is 2. The van der Waals surface area contributed by atoms with Crippen LogP contribution in [-0.4, -0.2) is 17.7 Å².